The first kappa shape index (κ1) is 15.1. The molecule has 0 amide bonds. The Morgan fingerprint density at radius 2 is 2.22 bits per heavy atom. The molecule has 0 saturated carbocycles. The van der Waals surface area contributed by atoms with Crippen molar-refractivity contribution in [1.82, 2.24) is 19.8 Å². The van der Waals surface area contributed by atoms with Crippen LogP contribution in [0.2, 0.25) is 0 Å². The molecule has 0 spiro atoms. The van der Waals surface area contributed by atoms with Crippen LogP contribution in [0.3, 0.4) is 0 Å². The summed E-state index contributed by atoms with van der Waals surface area (Å²) < 4.78 is 2.15. The van der Waals surface area contributed by atoms with Gasteiger partial charge >= 0.3 is 0 Å². The molecule has 0 aromatic carbocycles. The number of likely N-dealkylation sites (N-methyl/N-ethyl adjacent to an activating group) is 1. The molecule has 1 atom stereocenters. The van der Waals surface area contributed by atoms with Crippen molar-refractivity contribution in [3.8, 4) is 0 Å². The molecule has 1 rings (SSSR count). The van der Waals surface area contributed by atoms with Crippen LogP contribution >= 0.6 is 0 Å². The molecule has 0 aliphatic rings. The van der Waals surface area contributed by atoms with Gasteiger partial charge in [-0.15, -0.1) is 0 Å². The molecule has 104 valence electrons. The summed E-state index contributed by atoms with van der Waals surface area (Å²) in [6.07, 6.45) is 4.92. The van der Waals surface area contributed by atoms with Gasteiger partial charge in [0.1, 0.15) is 5.82 Å². The lowest BCUT2D eigenvalue weighted by Crippen LogP contribution is -2.45. The summed E-state index contributed by atoms with van der Waals surface area (Å²) in [5, 5.41) is 13.4. The fourth-order valence-corrected chi connectivity index (χ4v) is 2.13. The highest BCUT2D eigenvalue weighted by Crippen LogP contribution is 2.04. The van der Waals surface area contributed by atoms with Gasteiger partial charge in [0.25, 0.3) is 0 Å². The Labute approximate surface area is 110 Å². The van der Waals surface area contributed by atoms with Gasteiger partial charge in [0.15, 0.2) is 0 Å². The number of hydrogen-bond donors (Lipinski definition) is 2. The minimum atomic E-state index is -0.717. The van der Waals surface area contributed by atoms with Gasteiger partial charge < -0.3 is 19.9 Å². The van der Waals surface area contributed by atoms with Gasteiger partial charge in [0.2, 0.25) is 0 Å². The molecule has 2 N–H and O–H groups in total. The number of imidazole rings is 1. The maximum atomic E-state index is 10.2. The van der Waals surface area contributed by atoms with Crippen molar-refractivity contribution in [3.63, 3.8) is 0 Å². The molecule has 0 aliphatic carbocycles. The Kier molecular flexibility index (Phi) is 5.78. The van der Waals surface area contributed by atoms with Crippen LogP contribution in [0.4, 0.5) is 0 Å². The Balaban J connectivity index is 2.39. The van der Waals surface area contributed by atoms with Crippen LogP contribution in [0.25, 0.3) is 0 Å². The molecule has 0 bridgehead atoms. The van der Waals surface area contributed by atoms with E-state index in [0.717, 1.165) is 18.8 Å². The summed E-state index contributed by atoms with van der Waals surface area (Å²) in [5.41, 5.74) is -0.717. The molecule has 18 heavy (non-hydrogen) atoms. The number of aliphatic hydroxyl groups is 1. The first-order valence-electron chi connectivity index (χ1n) is 6.52. The van der Waals surface area contributed by atoms with Crippen LogP contribution < -0.4 is 5.32 Å². The lowest BCUT2D eigenvalue weighted by Gasteiger charge is -2.27. The average molecular weight is 254 g/mol. The standard InChI is InChI=1S/C13H26N4O/c1-5-7-17-8-6-15-12(17)9-14-10-13(2,18)11-16(3)4/h6,8,14,18H,5,7,9-11H2,1-4H3. The van der Waals surface area contributed by atoms with Crippen LogP contribution in [0.1, 0.15) is 26.1 Å². The maximum Gasteiger partial charge on any atom is 0.122 e. The minimum Gasteiger partial charge on any atom is -0.388 e. The van der Waals surface area contributed by atoms with Crippen molar-refractivity contribution < 1.29 is 5.11 Å². The number of hydrogen-bond acceptors (Lipinski definition) is 4. The third kappa shape index (κ3) is 5.16. The lowest BCUT2D eigenvalue weighted by molar-refractivity contribution is 0.0334. The van der Waals surface area contributed by atoms with E-state index < -0.39 is 5.60 Å². The second-order valence-corrected chi connectivity index (χ2v) is 5.38. The van der Waals surface area contributed by atoms with E-state index in [9.17, 15) is 5.11 Å². The van der Waals surface area contributed by atoms with E-state index in [-0.39, 0.29) is 0 Å². The number of aromatic nitrogens is 2. The maximum absolute atomic E-state index is 10.2. The monoisotopic (exact) mass is 254 g/mol. The zero-order chi connectivity index (χ0) is 13.6. The zero-order valence-corrected chi connectivity index (χ0v) is 12.0. The average Bonchev–Trinajstić information content (AvgIpc) is 2.64. The van der Waals surface area contributed by atoms with Gasteiger partial charge in [-0.25, -0.2) is 4.98 Å². The van der Waals surface area contributed by atoms with Crippen LogP contribution in [-0.2, 0) is 13.1 Å². The Bertz CT molecular complexity index is 347. The smallest absolute Gasteiger partial charge is 0.122 e. The first-order valence-corrected chi connectivity index (χ1v) is 6.52. The van der Waals surface area contributed by atoms with Gasteiger partial charge in [0.05, 0.1) is 12.1 Å². The number of nitrogens with zero attached hydrogens (tertiary/aromatic N) is 3. The molecule has 5 heteroatoms. The van der Waals surface area contributed by atoms with Crippen LogP contribution in [0.5, 0.6) is 0 Å². The summed E-state index contributed by atoms with van der Waals surface area (Å²) in [4.78, 5) is 6.31. The highest BCUT2D eigenvalue weighted by Gasteiger charge is 2.20. The van der Waals surface area contributed by atoms with Crippen molar-refractivity contribution in [2.24, 2.45) is 0 Å². The minimum absolute atomic E-state index is 0.560. The van der Waals surface area contributed by atoms with Gasteiger partial charge in [0, 0.05) is 32.0 Å². The third-order valence-corrected chi connectivity index (χ3v) is 2.71. The van der Waals surface area contributed by atoms with Gasteiger partial charge in [-0.3, -0.25) is 0 Å². The molecule has 0 radical (unpaired) electrons. The first-order chi connectivity index (χ1) is 8.44. The molecule has 0 saturated heterocycles. The molecule has 1 aromatic heterocycles. The van der Waals surface area contributed by atoms with E-state index >= 15 is 0 Å². The van der Waals surface area contributed by atoms with Crippen molar-refractivity contribution in [1.29, 1.82) is 0 Å². The lowest BCUT2D eigenvalue weighted by atomic mass is 10.1. The summed E-state index contributed by atoms with van der Waals surface area (Å²) >= 11 is 0. The van der Waals surface area contributed by atoms with Crippen LogP contribution in [0.15, 0.2) is 12.4 Å². The number of rotatable bonds is 8. The van der Waals surface area contributed by atoms with E-state index in [4.69, 9.17) is 0 Å². The number of nitrogens with one attached hydrogen (secondary N) is 1. The summed E-state index contributed by atoms with van der Waals surface area (Å²) in [6, 6.07) is 0. The molecule has 5 nitrogen and oxygen atoms in total. The van der Waals surface area contributed by atoms with Crippen molar-refractivity contribution >= 4 is 0 Å². The van der Waals surface area contributed by atoms with Gasteiger partial charge in [-0.2, -0.15) is 0 Å². The quantitative estimate of drug-likeness (QED) is 0.717. The summed E-state index contributed by atoms with van der Waals surface area (Å²) in [6.45, 7) is 6.88. The molecule has 1 unspecified atom stereocenters. The predicted molar refractivity (Wildman–Crippen MR) is 73.4 cm³/mol. The normalized spacial score (nSPS) is 15.0. The molecule has 1 heterocycles. The van der Waals surface area contributed by atoms with Gasteiger partial charge in [-0.05, 0) is 27.4 Å². The summed E-state index contributed by atoms with van der Waals surface area (Å²) in [5.74, 6) is 1.03. The fraction of sp³-hybridized carbons (Fsp3) is 0.769. The largest absolute Gasteiger partial charge is 0.388 e. The third-order valence-electron chi connectivity index (χ3n) is 2.71. The molecular weight excluding hydrogens is 228 g/mol. The van der Waals surface area contributed by atoms with Crippen molar-refractivity contribution in [2.75, 3.05) is 27.2 Å². The van der Waals surface area contributed by atoms with Crippen LogP contribution in [0, 0.1) is 0 Å². The van der Waals surface area contributed by atoms with E-state index in [1.165, 1.54) is 0 Å². The highest BCUT2D eigenvalue weighted by molar-refractivity contribution is 4.92. The summed E-state index contributed by atoms with van der Waals surface area (Å²) in [7, 11) is 3.92. The van der Waals surface area contributed by atoms with Gasteiger partial charge in [-0.1, -0.05) is 6.92 Å². The second-order valence-electron chi connectivity index (χ2n) is 5.38. The Morgan fingerprint density at radius 3 is 2.83 bits per heavy atom. The number of aryl methyl sites for hydroxylation is 1. The topological polar surface area (TPSA) is 53.3 Å². The van der Waals surface area contributed by atoms with E-state index in [0.29, 0.717) is 19.6 Å². The van der Waals surface area contributed by atoms with Crippen molar-refractivity contribution in [2.45, 2.75) is 39.0 Å². The SMILES string of the molecule is CCCn1ccnc1CNCC(C)(O)CN(C)C. The van der Waals surface area contributed by atoms with E-state index in [2.05, 4.69) is 21.8 Å². The second kappa shape index (κ2) is 6.87. The van der Waals surface area contributed by atoms with E-state index in [1.54, 1.807) is 0 Å². The van der Waals surface area contributed by atoms with Crippen molar-refractivity contribution in [3.05, 3.63) is 18.2 Å². The van der Waals surface area contributed by atoms with Crippen LogP contribution in [-0.4, -0.2) is 52.3 Å². The fourth-order valence-electron chi connectivity index (χ4n) is 2.13. The predicted octanol–water partition coefficient (Wildman–Crippen LogP) is 0.695. The Morgan fingerprint density at radius 1 is 1.50 bits per heavy atom. The molecule has 0 aliphatic heterocycles. The molecular formula is C13H26N4O. The molecule has 0 fully saturated rings. The Hall–Kier alpha value is -0.910. The highest BCUT2D eigenvalue weighted by atomic mass is 16.3. The zero-order valence-electron chi connectivity index (χ0n) is 12.0. The molecule has 1 aromatic rings. The van der Waals surface area contributed by atoms with E-state index in [1.807, 2.05) is 38.3 Å².